The standard InChI is InChI=1S/C27H42N4O5S/c1-3-30(20-25-21-31(27(33)36-25)24-9-7-5-4-6-8-10-24)37(34,35)26-13-11-23(12-14-26)19-28-15-17-29(18-16-28)22(2)32/h11-14,24-25H,3-10,15-21H2,1-2H3/t25-/m1/s1. The molecule has 0 unspecified atom stereocenters. The summed E-state index contributed by atoms with van der Waals surface area (Å²) in [6.45, 7) is 8.11. The van der Waals surface area contributed by atoms with E-state index < -0.39 is 16.1 Å². The number of amides is 2. The lowest BCUT2D eigenvalue weighted by molar-refractivity contribution is -0.130. The molecular formula is C27H42N4O5S. The summed E-state index contributed by atoms with van der Waals surface area (Å²) < 4.78 is 33.9. The average Bonchev–Trinajstić information content (AvgIpc) is 3.22. The average molecular weight is 535 g/mol. The molecule has 37 heavy (non-hydrogen) atoms. The summed E-state index contributed by atoms with van der Waals surface area (Å²) in [7, 11) is -3.71. The summed E-state index contributed by atoms with van der Waals surface area (Å²) >= 11 is 0. The first kappa shape index (κ1) is 27.9. The van der Waals surface area contributed by atoms with E-state index in [0.29, 0.717) is 13.1 Å². The van der Waals surface area contributed by atoms with Crippen LogP contribution in [0.1, 0.15) is 64.4 Å². The maximum absolute atomic E-state index is 13.4. The maximum atomic E-state index is 13.4. The predicted octanol–water partition coefficient (Wildman–Crippen LogP) is 3.30. The number of rotatable bonds is 8. The fourth-order valence-corrected chi connectivity index (χ4v) is 7.18. The van der Waals surface area contributed by atoms with Gasteiger partial charge in [0, 0.05) is 52.2 Å². The van der Waals surface area contributed by atoms with E-state index >= 15 is 0 Å². The van der Waals surface area contributed by atoms with Crippen LogP contribution in [0.25, 0.3) is 0 Å². The lowest BCUT2D eigenvalue weighted by atomic mass is 9.96. The molecule has 2 amide bonds. The van der Waals surface area contributed by atoms with E-state index in [1.807, 2.05) is 28.9 Å². The molecule has 10 heteroatoms. The lowest BCUT2D eigenvalue weighted by Gasteiger charge is -2.34. The van der Waals surface area contributed by atoms with Crippen LogP contribution in [-0.2, 0) is 26.1 Å². The maximum Gasteiger partial charge on any atom is 0.410 e. The van der Waals surface area contributed by atoms with Gasteiger partial charge in [-0.15, -0.1) is 0 Å². The SMILES string of the molecule is CCN(C[C@@H]1CN(C2CCCCCCC2)C(=O)O1)S(=O)(=O)c1ccc(CN2CCN(C(C)=O)CC2)cc1. The highest BCUT2D eigenvalue weighted by Gasteiger charge is 2.38. The lowest BCUT2D eigenvalue weighted by Crippen LogP contribution is -2.47. The molecule has 1 saturated carbocycles. The molecule has 0 spiro atoms. The van der Waals surface area contributed by atoms with E-state index in [9.17, 15) is 18.0 Å². The Balaban J connectivity index is 1.34. The van der Waals surface area contributed by atoms with Gasteiger partial charge in [-0.05, 0) is 30.5 Å². The normalized spacial score (nSPS) is 22.7. The molecule has 3 aliphatic rings. The zero-order valence-electron chi connectivity index (χ0n) is 22.3. The number of carbonyl (C=O) groups is 2. The summed E-state index contributed by atoms with van der Waals surface area (Å²) in [4.78, 5) is 30.4. The Kier molecular flexibility index (Phi) is 9.47. The van der Waals surface area contributed by atoms with Gasteiger partial charge < -0.3 is 14.5 Å². The summed E-state index contributed by atoms with van der Waals surface area (Å²) in [6.07, 6.45) is 7.16. The second-order valence-electron chi connectivity index (χ2n) is 10.5. The molecule has 1 atom stereocenters. The highest BCUT2D eigenvalue weighted by molar-refractivity contribution is 7.89. The molecule has 0 N–H and O–H groups in total. The number of benzene rings is 1. The third-order valence-corrected chi connectivity index (χ3v) is 9.92. The molecule has 206 valence electrons. The minimum atomic E-state index is -3.71. The molecule has 2 saturated heterocycles. The van der Waals surface area contributed by atoms with Crippen molar-refractivity contribution in [3.05, 3.63) is 29.8 Å². The molecule has 4 rings (SSSR count). The fourth-order valence-electron chi connectivity index (χ4n) is 5.70. The van der Waals surface area contributed by atoms with E-state index in [-0.39, 0.29) is 29.5 Å². The van der Waals surface area contributed by atoms with Crippen LogP contribution in [0, 0.1) is 0 Å². The highest BCUT2D eigenvalue weighted by atomic mass is 32.2. The van der Waals surface area contributed by atoms with Crippen molar-refractivity contribution in [3.8, 4) is 0 Å². The zero-order valence-corrected chi connectivity index (χ0v) is 23.1. The quantitative estimate of drug-likeness (QED) is 0.508. The van der Waals surface area contributed by atoms with Crippen molar-refractivity contribution in [1.29, 1.82) is 0 Å². The number of piperazine rings is 1. The minimum absolute atomic E-state index is 0.106. The first-order valence-electron chi connectivity index (χ1n) is 13.8. The number of likely N-dealkylation sites (N-methyl/N-ethyl adjacent to an activating group) is 1. The van der Waals surface area contributed by atoms with Crippen LogP contribution in [-0.4, -0.2) is 97.4 Å². The second kappa shape index (κ2) is 12.6. The molecule has 0 aromatic heterocycles. The van der Waals surface area contributed by atoms with Crippen LogP contribution < -0.4 is 0 Å². The summed E-state index contributed by atoms with van der Waals surface area (Å²) in [5.41, 5.74) is 1.04. The molecule has 9 nitrogen and oxygen atoms in total. The van der Waals surface area contributed by atoms with Gasteiger partial charge in [-0.25, -0.2) is 13.2 Å². The van der Waals surface area contributed by atoms with E-state index in [0.717, 1.165) is 64.0 Å². The van der Waals surface area contributed by atoms with Gasteiger partial charge in [0.25, 0.3) is 0 Å². The number of ether oxygens (including phenoxy) is 1. The summed E-state index contributed by atoms with van der Waals surface area (Å²) in [6, 6.07) is 7.26. The smallest absolute Gasteiger partial charge is 0.410 e. The Morgan fingerprint density at radius 3 is 2.22 bits per heavy atom. The molecule has 1 aromatic carbocycles. The van der Waals surface area contributed by atoms with Gasteiger partial charge in [0.15, 0.2) is 0 Å². The number of sulfonamides is 1. The molecule has 1 aliphatic carbocycles. The van der Waals surface area contributed by atoms with Crippen molar-refractivity contribution in [2.75, 3.05) is 45.8 Å². The Morgan fingerprint density at radius 1 is 1.00 bits per heavy atom. The highest BCUT2D eigenvalue weighted by Crippen LogP contribution is 2.27. The molecule has 1 aromatic rings. The molecule has 0 radical (unpaired) electrons. The monoisotopic (exact) mass is 534 g/mol. The van der Waals surface area contributed by atoms with Crippen LogP contribution in [0.5, 0.6) is 0 Å². The zero-order chi connectivity index (χ0) is 26.4. The largest absolute Gasteiger partial charge is 0.443 e. The van der Waals surface area contributed by atoms with E-state index in [4.69, 9.17) is 4.74 Å². The number of cyclic esters (lactones) is 1. The third kappa shape index (κ3) is 7.03. The van der Waals surface area contributed by atoms with Crippen LogP contribution in [0.4, 0.5) is 4.79 Å². The second-order valence-corrected chi connectivity index (χ2v) is 12.5. The van der Waals surface area contributed by atoms with Crippen molar-refractivity contribution in [1.82, 2.24) is 19.0 Å². The van der Waals surface area contributed by atoms with Crippen LogP contribution in [0.3, 0.4) is 0 Å². The number of hydrogen-bond acceptors (Lipinski definition) is 6. The van der Waals surface area contributed by atoms with Gasteiger partial charge in [0.05, 0.1) is 18.0 Å². The Morgan fingerprint density at radius 2 is 1.62 bits per heavy atom. The van der Waals surface area contributed by atoms with Gasteiger partial charge in [-0.1, -0.05) is 51.2 Å². The third-order valence-electron chi connectivity index (χ3n) is 7.96. The number of hydrogen-bond donors (Lipinski definition) is 0. The Bertz CT molecular complexity index is 1020. The number of carbonyl (C=O) groups excluding carboxylic acids is 2. The first-order chi connectivity index (χ1) is 17.8. The van der Waals surface area contributed by atoms with E-state index in [1.54, 1.807) is 19.1 Å². The summed E-state index contributed by atoms with van der Waals surface area (Å²) in [5.74, 6) is 0.106. The Labute approximate surface area is 221 Å². The van der Waals surface area contributed by atoms with Gasteiger partial charge in [0.1, 0.15) is 6.10 Å². The topological polar surface area (TPSA) is 90.5 Å². The van der Waals surface area contributed by atoms with Crippen molar-refractivity contribution >= 4 is 22.0 Å². The van der Waals surface area contributed by atoms with Gasteiger partial charge >= 0.3 is 6.09 Å². The fraction of sp³-hybridized carbons (Fsp3) is 0.704. The van der Waals surface area contributed by atoms with Crippen molar-refractivity contribution in [3.63, 3.8) is 0 Å². The van der Waals surface area contributed by atoms with Crippen molar-refractivity contribution in [2.45, 2.75) is 82.4 Å². The number of nitrogens with zero attached hydrogens (tertiary/aromatic N) is 4. The van der Waals surface area contributed by atoms with Crippen molar-refractivity contribution in [2.24, 2.45) is 0 Å². The Hall–Kier alpha value is -2.17. The van der Waals surface area contributed by atoms with Gasteiger partial charge in [-0.3, -0.25) is 9.69 Å². The predicted molar refractivity (Wildman–Crippen MR) is 141 cm³/mol. The summed E-state index contributed by atoms with van der Waals surface area (Å²) in [5, 5.41) is 0. The molecule has 3 fully saturated rings. The minimum Gasteiger partial charge on any atom is -0.443 e. The van der Waals surface area contributed by atoms with E-state index in [1.165, 1.54) is 23.6 Å². The van der Waals surface area contributed by atoms with Crippen molar-refractivity contribution < 1.29 is 22.7 Å². The van der Waals surface area contributed by atoms with E-state index in [2.05, 4.69) is 4.90 Å². The van der Waals surface area contributed by atoms with Gasteiger partial charge in [-0.2, -0.15) is 4.31 Å². The molecule has 2 heterocycles. The van der Waals surface area contributed by atoms with Crippen LogP contribution >= 0.6 is 0 Å². The molecule has 2 aliphatic heterocycles. The van der Waals surface area contributed by atoms with Crippen LogP contribution in [0.2, 0.25) is 0 Å². The van der Waals surface area contributed by atoms with Crippen LogP contribution in [0.15, 0.2) is 29.2 Å². The molecular weight excluding hydrogens is 492 g/mol. The van der Waals surface area contributed by atoms with Gasteiger partial charge in [0.2, 0.25) is 15.9 Å². The molecule has 0 bridgehead atoms. The first-order valence-corrected chi connectivity index (χ1v) is 15.3.